The molecule has 0 unspecified atom stereocenters. The first kappa shape index (κ1) is 16.0. The van der Waals surface area contributed by atoms with Crippen LogP contribution in [0.3, 0.4) is 0 Å². The first-order valence-electron chi connectivity index (χ1n) is 7.91. The van der Waals surface area contributed by atoms with E-state index in [1.54, 1.807) is 6.07 Å². The van der Waals surface area contributed by atoms with Crippen molar-refractivity contribution in [3.8, 4) is 0 Å². The number of H-pyrrole nitrogens is 1. The van der Waals surface area contributed by atoms with E-state index in [4.69, 9.17) is 5.11 Å². The van der Waals surface area contributed by atoms with E-state index in [9.17, 15) is 14.4 Å². The number of aromatic amines is 1. The number of carboxylic acids is 1. The van der Waals surface area contributed by atoms with E-state index in [1.165, 1.54) is 4.90 Å². The minimum Gasteiger partial charge on any atom is -0.481 e. The molecule has 7 heteroatoms. The van der Waals surface area contributed by atoms with Crippen LogP contribution in [0.25, 0.3) is 10.9 Å². The van der Waals surface area contributed by atoms with Gasteiger partial charge in [-0.05, 0) is 25.0 Å². The Labute approximate surface area is 138 Å². The van der Waals surface area contributed by atoms with Crippen molar-refractivity contribution in [1.29, 1.82) is 0 Å². The van der Waals surface area contributed by atoms with Crippen molar-refractivity contribution in [2.75, 3.05) is 19.6 Å². The quantitative estimate of drug-likeness (QED) is 0.785. The second-order valence-corrected chi connectivity index (χ2v) is 5.97. The van der Waals surface area contributed by atoms with Crippen LogP contribution in [0, 0.1) is 5.92 Å². The fraction of sp³-hybridized carbons (Fsp3) is 0.353. The monoisotopic (exact) mass is 329 g/mol. The zero-order valence-corrected chi connectivity index (χ0v) is 13.1. The van der Waals surface area contributed by atoms with E-state index in [0.29, 0.717) is 25.1 Å². The number of carbonyl (C=O) groups excluding carboxylic acids is 2. The lowest BCUT2D eigenvalue weighted by molar-refractivity contribution is -0.145. The van der Waals surface area contributed by atoms with Gasteiger partial charge in [0.25, 0.3) is 5.91 Å². The maximum absolute atomic E-state index is 12.2. The lowest BCUT2D eigenvalue weighted by atomic mass is 9.98. The number of benzene rings is 1. The Hall–Kier alpha value is -2.83. The minimum atomic E-state index is -0.880. The molecule has 1 fully saturated rings. The van der Waals surface area contributed by atoms with E-state index >= 15 is 0 Å². The Bertz CT molecular complexity index is 750. The van der Waals surface area contributed by atoms with Crippen molar-refractivity contribution < 1.29 is 19.5 Å². The number of aromatic nitrogens is 1. The molecule has 2 amide bonds. The van der Waals surface area contributed by atoms with Crippen molar-refractivity contribution in [2.24, 2.45) is 5.92 Å². The van der Waals surface area contributed by atoms with Crippen LogP contribution in [0.5, 0.6) is 0 Å². The normalized spacial score (nSPS) is 17.7. The van der Waals surface area contributed by atoms with Crippen molar-refractivity contribution in [3.05, 3.63) is 36.0 Å². The summed E-state index contributed by atoms with van der Waals surface area (Å²) in [7, 11) is 0. The Morgan fingerprint density at radius 2 is 2.08 bits per heavy atom. The second kappa shape index (κ2) is 6.74. The maximum Gasteiger partial charge on any atom is 0.308 e. The molecule has 126 valence electrons. The molecular weight excluding hydrogens is 310 g/mol. The molecule has 2 aromatic rings. The van der Waals surface area contributed by atoms with Crippen LogP contribution >= 0.6 is 0 Å². The molecule has 3 rings (SSSR count). The van der Waals surface area contributed by atoms with Crippen molar-refractivity contribution in [2.45, 2.75) is 12.8 Å². The SMILES string of the molecule is O=C(NCC(=O)N1CCC[C@H](C(=O)O)C1)c1cc2ccccc2[nH]1. The van der Waals surface area contributed by atoms with E-state index < -0.39 is 11.9 Å². The van der Waals surface area contributed by atoms with Gasteiger partial charge in [-0.3, -0.25) is 14.4 Å². The van der Waals surface area contributed by atoms with Crippen molar-refractivity contribution in [1.82, 2.24) is 15.2 Å². The van der Waals surface area contributed by atoms with Gasteiger partial charge in [-0.1, -0.05) is 18.2 Å². The summed E-state index contributed by atoms with van der Waals surface area (Å²) in [4.78, 5) is 39.9. The fourth-order valence-corrected chi connectivity index (χ4v) is 2.96. The number of nitrogens with one attached hydrogen (secondary N) is 2. The summed E-state index contributed by atoms with van der Waals surface area (Å²) in [5.41, 5.74) is 1.25. The number of carbonyl (C=O) groups is 3. The van der Waals surface area contributed by atoms with E-state index in [1.807, 2.05) is 24.3 Å². The molecule has 2 heterocycles. The number of carboxylic acid groups (broad SMARTS) is 1. The summed E-state index contributed by atoms with van der Waals surface area (Å²) in [5.74, 6) is -2.02. The van der Waals surface area contributed by atoms with Gasteiger partial charge in [0.15, 0.2) is 0 Å². The summed E-state index contributed by atoms with van der Waals surface area (Å²) in [6.45, 7) is 0.599. The molecule has 1 aromatic carbocycles. The largest absolute Gasteiger partial charge is 0.481 e. The number of fused-ring (bicyclic) bond motifs is 1. The molecule has 24 heavy (non-hydrogen) atoms. The Morgan fingerprint density at radius 3 is 2.83 bits per heavy atom. The van der Waals surface area contributed by atoms with Gasteiger partial charge < -0.3 is 20.3 Å². The average molecular weight is 329 g/mol. The highest BCUT2D eigenvalue weighted by Crippen LogP contribution is 2.17. The molecule has 1 aliphatic rings. The van der Waals surface area contributed by atoms with Crippen molar-refractivity contribution in [3.63, 3.8) is 0 Å². The van der Waals surface area contributed by atoms with E-state index in [0.717, 1.165) is 10.9 Å². The highest BCUT2D eigenvalue weighted by molar-refractivity contribution is 5.99. The van der Waals surface area contributed by atoms with Gasteiger partial charge in [-0.25, -0.2) is 0 Å². The summed E-state index contributed by atoms with van der Waals surface area (Å²) >= 11 is 0. The smallest absolute Gasteiger partial charge is 0.308 e. The van der Waals surface area contributed by atoms with E-state index in [-0.39, 0.29) is 24.9 Å². The highest BCUT2D eigenvalue weighted by Gasteiger charge is 2.28. The zero-order valence-electron chi connectivity index (χ0n) is 13.1. The van der Waals surface area contributed by atoms with E-state index in [2.05, 4.69) is 10.3 Å². The van der Waals surface area contributed by atoms with Gasteiger partial charge in [-0.2, -0.15) is 0 Å². The summed E-state index contributed by atoms with van der Waals surface area (Å²) < 4.78 is 0. The number of likely N-dealkylation sites (tertiary alicyclic amines) is 1. The van der Waals surface area contributed by atoms with Crippen LogP contribution in [0.4, 0.5) is 0 Å². The number of nitrogens with zero attached hydrogens (tertiary/aromatic N) is 1. The molecule has 0 bridgehead atoms. The molecule has 0 aliphatic carbocycles. The fourth-order valence-electron chi connectivity index (χ4n) is 2.96. The molecule has 1 saturated heterocycles. The van der Waals surface area contributed by atoms with Gasteiger partial charge in [-0.15, -0.1) is 0 Å². The summed E-state index contributed by atoms with van der Waals surface area (Å²) in [6.07, 6.45) is 1.25. The molecule has 1 atom stereocenters. The van der Waals surface area contributed by atoms with Crippen LogP contribution < -0.4 is 5.32 Å². The van der Waals surface area contributed by atoms with Crippen LogP contribution in [-0.4, -0.2) is 52.4 Å². The zero-order chi connectivity index (χ0) is 17.1. The Morgan fingerprint density at radius 1 is 1.29 bits per heavy atom. The molecule has 3 N–H and O–H groups in total. The van der Waals surface area contributed by atoms with Gasteiger partial charge in [0.05, 0.1) is 12.5 Å². The highest BCUT2D eigenvalue weighted by atomic mass is 16.4. The van der Waals surface area contributed by atoms with Crippen molar-refractivity contribution >= 4 is 28.7 Å². The lowest BCUT2D eigenvalue weighted by Crippen LogP contribution is -2.46. The number of amides is 2. The number of para-hydroxylation sites is 1. The van der Waals surface area contributed by atoms with Gasteiger partial charge in [0.1, 0.15) is 5.69 Å². The van der Waals surface area contributed by atoms with Crippen LogP contribution in [-0.2, 0) is 9.59 Å². The van der Waals surface area contributed by atoms with Gasteiger partial charge in [0.2, 0.25) is 5.91 Å². The first-order valence-corrected chi connectivity index (χ1v) is 7.91. The molecule has 1 aliphatic heterocycles. The third-order valence-electron chi connectivity index (χ3n) is 4.30. The predicted octanol–water partition coefficient (Wildman–Crippen LogP) is 1.22. The third kappa shape index (κ3) is 3.40. The average Bonchev–Trinajstić information content (AvgIpc) is 3.03. The van der Waals surface area contributed by atoms with Gasteiger partial charge in [0, 0.05) is 24.0 Å². The predicted molar refractivity (Wildman–Crippen MR) is 87.6 cm³/mol. The number of piperidine rings is 1. The molecular formula is C17H19N3O4. The maximum atomic E-state index is 12.2. The Balaban J connectivity index is 1.57. The van der Waals surface area contributed by atoms with Crippen LogP contribution in [0.15, 0.2) is 30.3 Å². The molecule has 7 nitrogen and oxygen atoms in total. The number of rotatable bonds is 4. The second-order valence-electron chi connectivity index (χ2n) is 5.97. The van der Waals surface area contributed by atoms with Crippen LogP contribution in [0.1, 0.15) is 23.3 Å². The standard InChI is InChI=1S/C17H19N3O4/c21-15(20-7-3-5-12(10-20)17(23)24)9-18-16(22)14-8-11-4-1-2-6-13(11)19-14/h1-2,4,6,8,12,19H,3,5,7,9-10H2,(H,18,22)(H,23,24)/t12-/m0/s1. The lowest BCUT2D eigenvalue weighted by Gasteiger charge is -2.30. The summed E-state index contributed by atoms with van der Waals surface area (Å²) in [6, 6.07) is 9.26. The molecule has 0 radical (unpaired) electrons. The van der Waals surface area contributed by atoms with Crippen LogP contribution in [0.2, 0.25) is 0 Å². The number of hydrogen-bond acceptors (Lipinski definition) is 3. The Kier molecular flexibility index (Phi) is 4.50. The minimum absolute atomic E-state index is 0.138. The third-order valence-corrected chi connectivity index (χ3v) is 4.30. The molecule has 1 aromatic heterocycles. The molecule has 0 spiro atoms. The topological polar surface area (TPSA) is 102 Å². The first-order chi connectivity index (χ1) is 11.5. The number of aliphatic carboxylic acids is 1. The number of hydrogen-bond donors (Lipinski definition) is 3. The van der Waals surface area contributed by atoms with Gasteiger partial charge >= 0.3 is 5.97 Å². The summed E-state index contributed by atoms with van der Waals surface area (Å²) in [5, 5.41) is 12.6. The molecule has 0 saturated carbocycles.